The van der Waals surface area contributed by atoms with Gasteiger partial charge in [0, 0.05) is 31.8 Å². The fourth-order valence-corrected chi connectivity index (χ4v) is 2.70. The predicted octanol–water partition coefficient (Wildman–Crippen LogP) is 1.04. The molecule has 1 atom stereocenters. The predicted molar refractivity (Wildman–Crippen MR) is 80.3 cm³/mol. The van der Waals surface area contributed by atoms with Gasteiger partial charge in [0.05, 0.1) is 46.1 Å². The van der Waals surface area contributed by atoms with Gasteiger partial charge in [-0.15, -0.1) is 0 Å². The second-order valence-electron chi connectivity index (χ2n) is 4.85. The fourth-order valence-electron chi connectivity index (χ4n) is 2.70. The highest BCUT2D eigenvalue weighted by Crippen LogP contribution is 2.40. The van der Waals surface area contributed by atoms with Gasteiger partial charge in [0.25, 0.3) is 0 Å². The van der Waals surface area contributed by atoms with Crippen molar-refractivity contribution in [3.8, 4) is 17.2 Å². The van der Waals surface area contributed by atoms with Gasteiger partial charge in [-0.1, -0.05) is 0 Å². The Bertz CT molecular complexity index is 436. The van der Waals surface area contributed by atoms with E-state index < -0.39 is 0 Å². The molecule has 0 spiro atoms. The van der Waals surface area contributed by atoms with Crippen LogP contribution in [0.5, 0.6) is 17.2 Å². The van der Waals surface area contributed by atoms with Crippen LogP contribution in [0.25, 0.3) is 0 Å². The summed E-state index contributed by atoms with van der Waals surface area (Å²) in [5.41, 5.74) is 6.99. The highest BCUT2D eigenvalue weighted by molar-refractivity contribution is 5.52. The van der Waals surface area contributed by atoms with Gasteiger partial charge >= 0.3 is 0 Å². The van der Waals surface area contributed by atoms with Crippen LogP contribution < -0.4 is 19.9 Å². The van der Waals surface area contributed by atoms with E-state index in [0.29, 0.717) is 12.3 Å². The van der Waals surface area contributed by atoms with Crippen molar-refractivity contribution in [3.63, 3.8) is 0 Å². The van der Waals surface area contributed by atoms with Gasteiger partial charge < -0.3 is 24.7 Å². The van der Waals surface area contributed by atoms with Crippen LogP contribution in [-0.2, 0) is 4.74 Å². The van der Waals surface area contributed by atoms with Gasteiger partial charge in [0.15, 0.2) is 0 Å². The monoisotopic (exact) mass is 296 g/mol. The first-order valence-electron chi connectivity index (χ1n) is 7.06. The summed E-state index contributed by atoms with van der Waals surface area (Å²) in [5, 5.41) is 0. The summed E-state index contributed by atoms with van der Waals surface area (Å²) in [7, 11) is 4.91. The van der Waals surface area contributed by atoms with E-state index in [4.69, 9.17) is 24.7 Å². The Balaban J connectivity index is 2.42. The average Bonchev–Trinajstić information content (AvgIpc) is 2.56. The summed E-state index contributed by atoms with van der Waals surface area (Å²) in [6.45, 7) is 3.62. The zero-order valence-corrected chi connectivity index (χ0v) is 12.9. The van der Waals surface area contributed by atoms with E-state index in [1.165, 1.54) is 0 Å². The van der Waals surface area contributed by atoms with Crippen LogP contribution in [0.2, 0.25) is 0 Å². The Hall–Kier alpha value is -1.50. The number of hydrogen-bond acceptors (Lipinski definition) is 6. The molecule has 2 N–H and O–H groups in total. The van der Waals surface area contributed by atoms with Crippen LogP contribution in [0.15, 0.2) is 12.1 Å². The molecule has 6 heteroatoms. The van der Waals surface area contributed by atoms with Gasteiger partial charge in [-0.05, 0) is 0 Å². The van der Waals surface area contributed by atoms with Crippen LogP contribution in [0.1, 0.15) is 11.6 Å². The highest BCUT2D eigenvalue weighted by atomic mass is 16.5. The lowest BCUT2D eigenvalue weighted by Crippen LogP contribution is -2.42. The Labute approximate surface area is 125 Å². The second kappa shape index (κ2) is 7.49. The Morgan fingerprint density at radius 2 is 1.67 bits per heavy atom. The molecule has 6 nitrogen and oxygen atoms in total. The SMILES string of the molecule is COc1cc(OC)c(C(CN)N2CCOCC2)c(OC)c1. The summed E-state index contributed by atoms with van der Waals surface area (Å²) >= 11 is 0. The minimum atomic E-state index is 0.0321. The molecule has 0 saturated carbocycles. The van der Waals surface area contributed by atoms with E-state index in [-0.39, 0.29) is 6.04 Å². The van der Waals surface area contributed by atoms with Crippen LogP contribution in [0.4, 0.5) is 0 Å². The van der Waals surface area contributed by atoms with Crippen molar-refractivity contribution in [1.29, 1.82) is 0 Å². The summed E-state index contributed by atoms with van der Waals surface area (Å²) in [6.07, 6.45) is 0. The van der Waals surface area contributed by atoms with E-state index in [0.717, 1.165) is 43.4 Å². The van der Waals surface area contributed by atoms with Crippen LogP contribution in [-0.4, -0.2) is 59.1 Å². The van der Waals surface area contributed by atoms with Gasteiger partial charge in [-0.2, -0.15) is 0 Å². The smallest absolute Gasteiger partial charge is 0.131 e. The zero-order valence-electron chi connectivity index (χ0n) is 12.9. The first kappa shape index (κ1) is 15.9. The minimum Gasteiger partial charge on any atom is -0.496 e. The largest absolute Gasteiger partial charge is 0.496 e. The molecule has 1 heterocycles. The first-order chi connectivity index (χ1) is 10.2. The molecule has 0 amide bonds. The van der Waals surface area contributed by atoms with Crippen molar-refractivity contribution in [1.82, 2.24) is 4.90 Å². The quantitative estimate of drug-likeness (QED) is 0.846. The zero-order chi connectivity index (χ0) is 15.2. The summed E-state index contributed by atoms with van der Waals surface area (Å²) in [6, 6.07) is 3.76. The molecule has 1 fully saturated rings. The minimum absolute atomic E-state index is 0.0321. The molecule has 0 radical (unpaired) electrons. The summed E-state index contributed by atoms with van der Waals surface area (Å²) in [5.74, 6) is 2.16. The Morgan fingerprint density at radius 3 is 2.10 bits per heavy atom. The molecule has 1 unspecified atom stereocenters. The normalized spacial score (nSPS) is 17.3. The molecule has 1 aliphatic heterocycles. The van der Waals surface area contributed by atoms with E-state index in [2.05, 4.69) is 4.90 Å². The number of ether oxygens (including phenoxy) is 4. The molecule has 1 aromatic rings. The lowest BCUT2D eigenvalue weighted by Gasteiger charge is -2.35. The lowest BCUT2D eigenvalue weighted by molar-refractivity contribution is 0.0169. The molecular weight excluding hydrogens is 272 g/mol. The molecule has 1 saturated heterocycles. The van der Waals surface area contributed by atoms with Crippen molar-refractivity contribution >= 4 is 0 Å². The topological polar surface area (TPSA) is 66.2 Å². The van der Waals surface area contributed by atoms with E-state index in [1.807, 2.05) is 12.1 Å². The third-order valence-electron chi connectivity index (χ3n) is 3.80. The second-order valence-corrected chi connectivity index (χ2v) is 4.85. The summed E-state index contributed by atoms with van der Waals surface area (Å²) < 4.78 is 21.8. The molecule has 118 valence electrons. The van der Waals surface area contributed by atoms with Crippen LogP contribution in [0, 0.1) is 0 Å². The number of rotatable bonds is 6. The van der Waals surface area contributed by atoms with E-state index in [1.54, 1.807) is 21.3 Å². The standard InChI is InChI=1S/C15H24N2O4/c1-18-11-8-13(19-2)15(14(9-11)20-3)12(10-16)17-4-6-21-7-5-17/h8-9,12H,4-7,10,16H2,1-3H3. The van der Waals surface area contributed by atoms with Crippen molar-refractivity contribution in [2.75, 3.05) is 54.2 Å². The van der Waals surface area contributed by atoms with Crippen LogP contribution >= 0.6 is 0 Å². The lowest BCUT2D eigenvalue weighted by atomic mass is 10.0. The van der Waals surface area contributed by atoms with Crippen LogP contribution in [0.3, 0.4) is 0 Å². The molecule has 0 aliphatic carbocycles. The maximum absolute atomic E-state index is 6.03. The Morgan fingerprint density at radius 1 is 1.10 bits per heavy atom. The van der Waals surface area contributed by atoms with Crippen molar-refractivity contribution in [2.24, 2.45) is 5.73 Å². The third-order valence-corrected chi connectivity index (χ3v) is 3.80. The fraction of sp³-hybridized carbons (Fsp3) is 0.600. The van der Waals surface area contributed by atoms with Gasteiger partial charge in [-0.25, -0.2) is 0 Å². The molecular formula is C15H24N2O4. The molecule has 2 rings (SSSR count). The number of benzene rings is 1. The number of nitrogens with two attached hydrogens (primary N) is 1. The molecule has 1 aromatic carbocycles. The molecule has 21 heavy (non-hydrogen) atoms. The average molecular weight is 296 g/mol. The number of hydrogen-bond donors (Lipinski definition) is 1. The van der Waals surface area contributed by atoms with Crippen molar-refractivity contribution < 1.29 is 18.9 Å². The number of nitrogens with zero attached hydrogens (tertiary/aromatic N) is 1. The Kier molecular flexibility index (Phi) is 5.67. The van der Waals surface area contributed by atoms with Crippen molar-refractivity contribution in [3.05, 3.63) is 17.7 Å². The molecule has 0 bridgehead atoms. The van der Waals surface area contributed by atoms with E-state index in [9.17, 15) is 0 Å². The van der Waals surface area contributed by atoms with Gasteiger partial charge in [0.2, 0.25) is 0 Å². The van der Waals surface area contributed by atoms with E-state index >= 15 is 0 Å². The third kappa shape index (κ3) is 3.40. The molecule has 1 aliphatic rings. The van der Waals surface area contributed by atoms with Crippen molar-refractivity contribution in [2.45, 2.75) is 6.04 Å². The maximum Gasteiger partial charge on any atom is 0.131 e. The maximum atomic E-state index is 6.03. The summed E-state index contributed by atoms with van der Waals surface area (Å²) in [4.78, 5) is 2.30. The number of morpholine rings is 1. The van der Waals surface area contributed by atoms with Gasteiger partial charge in [0.1, 0.15) is 17.2 Å². The number of methoxy groups -OCH3 is 3. The molecule has 0 aromatic heterocycles. The van der Waals surface area contributed by atoms with Gasteiger partial charge in [-0.3, -0.25) is 4.90 Å². The highest BCUT2D eigenvalue weighted by Gasteiger charge is 2.28. The first-order valence-corrected chi connectivity index (χ1v) is 7.06.